The third-order valence-electron chi connectivity index (χ3n) is 0.510. The lowest BCUT2D eigenvalue weighted by Crippen LogP contribution is -2.21. The van der Waals surface area contributed by atoms with Gasteiger partial charge in [-0.05, 0) is 13.8 Å². The second-order valence-corrected chi connectivity index (χ2v) is 2.14. The minimum absolute atomic E-state index is 0.803. The topological polar surface area (TPSA) is 44.6 Å². The Kier molecular flexibility index (Phi) is 2.48. The van der Waals surface area contributed by atoms with Crippen LogP contribution in [0.1, 0.15) is 13.8 Å². The second kappa shape index (κ2) is 2.67. The Balaban J connectivity index is 3.52. The summed E-state index contributed by atoms with van der Waals surface area (Å²) in [5, 5.41) is 12.6. The van der Waals surface area contributed by atoms with Crippen molar-refractivity contribution in [1.29, 1.82) is 0 Å². The first-order chi connectivity index (χ1) is 3.56. The van der Waals surface area contributed by atoms with Crippen molar-refractivity contribution in [3.05, 3.63) is 0 Å². The molecule has 0 radical (unpaired) electrons. The zero-order chi connectivity index (χ0) is 6.62. The van der Waals surface area contributed by atoms with E-state index in [0.717, 1.165) is 0 Å². The highest BCUT2D eigenvalue weighted by Crippen LogP contribution is 1.93. The highest BCUT2D eigenvalue weighted by atomic mass is 16.3. The van der Waals surface area contributed by atoms with Crippen molar-refractivity contribution in [3.8, 4) is 0 Å². The monoisotopic (exact) mass is 116 g/mol. The molecule has 0 atom stereocenters. The summed E-state index contributed by atoms with van der Waals surface area (Å²) >= 11 is 0. The minimum Gasteiger partial charge on any atom is -0.385 e. The molecule has 0 aliphatic carbocycles. The molecule has 48 valence electrons. The number of nitrogens with zero attached hydrogens (tertiary/aromatic N) is 1. The van der Waals surface area contributed by atoms with Gasteiger partial charge in [-0.1, -0.05) is 0 Å². The van der Waals surface area contributed by atoms with Crippen molar-refractivity contribution >= 4 is 6.21 Å². The van der Waals surface area contributed by atoms with Gasteiger partial charge >= 0.3 is 0 Å². The third kappa shape index (κ3) is 5.43. The van der Waals surface area contributed by atoms with Crippen LogP contribution in [0.5, 0.6) is 0 Å². The molecule has 0 aromatic heterocycles. The van der Waals surface area contributed by atoms with E-state index in [2.05, 4.69) is 10.5 Å². The molecule has 3 nitrogen and oxygen atoms in total. The van der Waals surface area contributed by atoms with Gasteiger partial charge in [-0.3, -0.25) is 0 Å². The lowest BCUT2D eigenvalue weighted by atomic mass is 10.2. The molecule has 2 N–H and O–H groups in total. The summed E-state index contributed by atoms with van der Waals surface area (Å²) in [5.41, 5.74) is 1.73. The number of aliphatic hydroxyl groups is 1. The predicted octanol–water partition coefficient (Wildman–Crippen LogP) is -0.0375. The molecular weight excluding hydrogens is 104 g/mol. The van der Waals surface area contributed by atoms with E-state index >= 15 is 0 Å². The molecule has 0 aliphatic rings. The summed E-state index contributed by atoms with van der Waals surface area (Å²) < 4.78 is 0. The lowest BCUT2D eigenvalue weighted by molar-refractivity contribution is 0.159. The van der Waals surface area contributed by atoms with Crippen LogP contribution >= 0.6 is 0 Å². The fourth-order valence-electron chi connectivity index (χ4n) is 0.223. The summed E-state index contributed by atoms with van der Waals surface area (Å²) in [7, 11) is 1.68. The molecule has 0 spiro atoms. The van der Waals surface area contributed by atoms with Crippen LogP contribution in [-0.2, 0) is 0 Å². The summed E-state index contributed by atoms with van der Waals surface area (Å²) in [6, 6.07) is 0. The molecule has 0 amide bonds. The van der Waals surface area contributed by atoms with E-state index in [1.54, 1.807) is 20.9 Å². The zero-order valence-corrected chi connectivity index (χ0v) is 5.47. The third-order valence-corrected chi connectivity index (χ3v) is 0.510. The Hall–Kier alpha value is -0.570. The van der Waals surface area contributed by atoms with Gasteiger partial charge < -0.3 is 10.5 Å². The smallest absolute Gasteiger partial charge is 0.0958 e. The molecule has 0 heterocycles. The van der Waals surface area contributed by atoms with Gasteiger partial charge in [-0.2, -0.15) is 5.10 Å². The van der Waals surface area contributed by atoms with Crippen molar-refractivity contribution < 1.29 is 5.11 Å². The molecule has 0 aliphatic heterocycles. The Labute approximate surface area is 49.4 Å². The van der Waals surface area contributed by atoms with Crippen LogP contribution in [-0.4, -0.2) is 24.0 Å². The average molecular weight is 116 g/mol. The quantitative estimate of drug-likeness (QED) is 0.393. The average Bonchev–Trinajstić information content (AvgIpc) is 1.59. The Morgan fingerprint density at radius 2 is 2.12 bits per heavy atom. The normalized spacial score (nSPS) is 12.5. The van der Waals surface area contributed by atoms with E-state index in [9.17, 15) is 0 Å². The van der Waals surface area contributed by atoms with Crippen molar-refractivity contribution in [2.45, 2.75) is 19.4 Å². The van der Waals surface area contributed by atoms with Crippen LogP contribution < -0.4 is 5.43 Å². The summed E-state index contributed by atoms with van der Waals surface area (Å²) in [4.78, 5) is 0. The van der Waals surface area contributed by atoms with E-state index in [1.165, 1.54) is 6.21 Å². The van der Waals surface area contributed by atoms with Gasteiger partial charge in [0.25, 0.3) is 0 Å². The first-order valence-corrected chi connectivity index (χ1v) is 2.49. The van der Waals surface area contributed by atoms with Crippen LogP contribution in [0.4, 0.5) is 0 Å². The van der Waals surface area contributed by atoms with Crippen LogP contribution in [0.3, 0.4) is 0 Å². The maximum absolute atomic E-state index is 8.96. The minimum atomic E-state index is -0.803. The van der Waals surface area contributed by atoms with Gasteiger partial charge in [0.15, 0.2) is 0 Å². The molecule has 0 aromatic rings. The lowest BCUT2D eigenvalue weighted by Gasteiger charge is -2.07. The van der Waals surface area contributed by atoms with Gasteiger partial charge in [-0.25, -0.2) is 0 Å². The molecule has 0 saturated heterocycles. The van der Waals surface area contributed by atoms with Gasteiger partial charge in [-0.15, -0.1) is 0 Å². The number of hydrazone groups is 1. The molecule has 0 fully saturated rings. The van der Waals surface area contributed by atoms with Gasteiger partial charge in [0.05, 0.1) is 11.8 Å². The number of nitrogens with one attached hydrogen (secondary N) is 1. The fourth-order valence-corrected chi connectivity index (χ4v) is 0.223. The van der Waals surface area contributed by atoms with E-state index in [0.29, 0.717) is 0 Å². The summed E-state index contributed by atoms with van der Waals surface area (Å²) in [5.74, 6) is 0. The van der Waals surface area contributed by atoms with Gasteiger partial charge in [0.2, 0.25) is 0 Å². The molecule has 0 bridgehead atoms. The van der Waals surface area contributed by atoms with Crippen LogP contribution in [0.25, 0.3) is 0 Å². The molecular formula is C5H12N2O. The highest BCUT2D eigenvalue weighted by Gasteiger charge is 2.06. The Morgan fingerprint density at radius 3 is 2.25 bits per heavy atom. The number of rotatable bonds is 2. The molecule has 0 saturated carbocycles. The highest BCUT2D eigenvalue weighted by molar-refractivity contribution is 5.66. The predicted molar refractivity (Wildman–Crippen MR) is 33.8 cm³/mol. The van der Waals surface area contributed by atoms with Gasteiger partial charge in [0, 0.05) is 7.05 Å². The summed E-state index contributed by atoms with van der Waals surface area (Å²) in [6.07, 6.45) is 1.44. The zero-order valence-electron chi connectivity index (χ0n) is 5.47. The van der Waals surface area contributed by atoms with Crippen LogP contribution in [0.15, 0.2) is 5.10 Å². The Bertz CT molecular complexity index is 82.9. The summed E-state index contributed by atoms with van der Waals surface area (Å²) in [6.45, 7) is 3.32. The van der Waals surface area contributed by atoms with Crippen LogP contribution in [0.2, 0.25) is 0 Å². The molecule has 0 rings (SSSR count). The van der Waals surface area contributed by atoms with E-state index in [4.69, 9.17) is 5.11 Å². The van der Waals surface area contributed by atoms with Crippen molar-refractivity contribution in [3.63, 3.8) is 0 Å². The van der Waals surface area contributed by atoms with Gasteiger partial charge in [0.1, 0.15) is 0 Å². The number of hydrogen-bond donors (Lipinski definition) is 2. The maximum Gasteiger partial charge on any atom is 0.0958 e. The number of hydrogen-bond acceptors (Lipinski definition) is 3. The first kappa shape index (κ1) is 7.43. The molecule has 3 heteroatoms. The van der Waals surface area contributed by atoms with E-state index < -0.39 is 5.60 Å². The van der Waals surface area contributed by atoms with Crippen molar-refractivity contribution in [1.82, 2.24) is 5.43 Å². The van der Waals surface area contributed by atoms with E-state index in [-0.39, 0.29) is 0 Å². The molecule has 0 unspecified atom stereocenters. The molecule has 0 aromatic carbocycles. The first-order valence-electron chi connectivity index (χ1n) is 2.49. The molecule has 8 heavy (non-hydrogen) atoms. The maximum atomic E-state index is 8.96. The van der Waals surface area contributed by atoms with Crippen molar-refractivity contribution in [2.75, 3.05) is 7.05 Å². The Morgan fingerprint density at radius 1 is 1.62 bits per heavy atom. The van der Waals surface area contributed by atoms with Crippen molar-refractivity contribution in [2.24, 2.45) is 5.10 Å². The standard InChI is InChI=1S/C5H12N2O/c1-5(2,8)4-7-6-3/h4,6,8H,1-3H3/b7-4-. The second-order valence-electron chi connectivity index (χ2n) is 2.14. The van der Waals surface area contributed by atoms with E-state index in [1.807, 2.05) is 0 Å². The fraction of sp³-hybridized carbons (Fsp3) is 0.800. The van der Waals surface area contributed by atoms with Crippen LogP contribution in [0, 0.1) is 0 Å². The largest absolute Gasteiger partial charge is 0.385 e. The SMILES string of the molecule is CN/N=C\C(C)(C)O.